The summed E-state index contributed by atoms with van der Waals surface area (Å²) >= 11 is 0. The molecule has 0 amide bonds. The van der Waals surface area contributed by atoms with E-state index in [-0.39, 0.29) is 0 Å². The number of carbonyl (C=O) groups is 1. The van der Waals surface area contributed by atoms with Crippen LogP contribution in [0.25, 0.3) is 0 Å². The molecule has 0 aromatic heterocycles. The molecule has 0 fully saturated rings. The smallest absolute Gasteiger partial charge is 0.132 e. The molecule has 0 spiro atoms. The molecule has 0 saturated carbocycles. The predicted octanol–water partition coefficient (Wildman–Crippen LogP) is 4.45. The van der Waals surface area contributed by atoms with E-state index in [0.29, 0.717) is 17.1 Å². The van der Waals surface area contributed by atoms with Crippen molar-refractivity contribution in [2.24, 2.45) is 17.3 Å². The van der Waals surface area contributed by atoms with E-state index < -0.39 is 0 Å². The minimum Gasteiger partial charge on any atom is -0.300 e. The van der Waals surface area contributed by atoms with Crippen LogP contribution in [0.4, 0.5) is 0 Å². The highest BCUT2D eigenvalue weighted by Crippen LogP contribution is 2.28. The van der Waals surface area contributed by atoms with Gasteiger partial charge in [0.25, 0.3) is 0 Å². The van der Waals surface area contributed by atoms with Gasteiger partial charge in [-0.1, -0.05) is 41.0 Å². The highest BCUT2D eigenvalue weighted by atomic mass is 16.1. The van der Waals surface area contributed by atoms with E-state index in [1.54, 1.807) is 6.92 Å². The molecular weight excluding hydrogens is 184 g/mol. The molecule has 2 unspecified atom stereocenters. The first-order valence-corrected chi connectivity index (χ1v) is 6.26. The van der Waals surface area contributed by atoms with Crippen LogP contribution in [-0.2, 0) is 4.79 Å². The molecule has 1 heteroatoms. The lowest BCUT2D eigenvalue weighted by molar-refractivity contribution is -0.121. The van der Waals surface area contributed by atoms with Crippen LogP contribution in [0.5, 0.6) is 0 Å². The number of hydrogen-bond donors (Lipinski definition) is 0. The van der Waals surface area contributed by atoms with Crippen LogP contribution in [-0.4, -0.2) is 5.78 Å². The fourth-order valence-electron chi connectivity index (χ4n) is 2.33. The van der Waals surface area contributed by atoms with Crippen molar-refractivity contribution in [2.45, 2.75) is 67.2 Å². The van der Waals surface area contributed by atoms with Gasteiger partial charge in [0, 0.05) is 5.92 Å². The Morgan fingerprint density at radius 1 is 1.20 bits per heavy atom. The summed E-state index contributed by atoms with van der Waals surface area (Å²) in [5.41, 5.74) is 0.414. The SMILES string of the molecule is CCC(CCC(C)CC(C)(C)C)C(C)=O. The topological polar surface area (TPSA) is 17.1 Å². The van der Waals surface area contributed by atoms with Gasteiger partial charge < -0.3 is 0 Å². The van der Waals surface area contributed by atoms with Gasteiger partial charge >= 0.3 is 0 Å². The molecule has 0 aromatic rings. The maximum Gasteiger partial charge on any atom is 0.132 e. The van der Waals surface area contributed by atoms with Crippen molar-refractivity contribution in [3.8, 4) is 0 Å². The van der Waals surface area contributed by atoms with Crippen LogP contribution in [0.1, 0.15) is 67.2 Å². The zero-order valence-corrected chi connectivity index (χ0v) is 11.4. The molecule has 0 rings (SSSR count). The van der Waals surface area contributed by atoms with E-state index in [0.717, 1.165) is 18.8 Å². The van der Waals surface area contributed by atoms with E-state index in [4.69, 9.17) is 0 Å². The normalized spacial score (nSPS) is 16.1. The Bertz CT molecular complexity index is 188. The molecule has 2 atom stereocenters. The maximum absolute atomic E-state index is 11.3. The van der Waals surface area contributed by atoms with Crippen molar-refractivity contribution in [3.63, 3.8) is 0 Å². The minimum absolute atomic E-state index is 0.299. The zero-order valence-electron chi connectivity index (χ0n) is 11.4. The van der Waals surface area contributed by atoms with E-state index in [1.165, 1.54) is 12.8 Å². The lowest BCUT2D eigenvalue weighted by atomic mass is 9.82. The number of carbonyl (C=O) groups excluding carboxylic acids is 1. The summed E-state index contributed by atoms with van der Waals surface area (Å²) in [6, 6.07) is 0. The fraction of sp³-hybridized carbons (Fsp3) is 0.929. The Morgan fingerprint density at radius 2 is 1.73 bits per heavy atom. The number of hydrogen-bond acceptors (Lipinski definition) is 1. The third-order valence-electron chi connectivity index (χ3n) is 3.04. The Balaban J connectivity index is 3.88. The van der Waals surface area contributed by atoms with Gasteiger partial charge in [-0.2, -0.15) is 0 Å². The van der Waals surface area contributed by atoms with E-state index in [2.05, 4.69) is 34.6 Å². The van der Waals surface area contributed by atoms with Gasteiger partial charge in [-0.15, -0.1) is 0 Å². The standard InChI is InChI=1S/C14H28O/c1-7-13(12(3)15)9-8-11(2)10-14(4,5)6/h11,13H,7-10H2,1-6H3. The first kappa shape index (κ1) is 14.7. The molecule has 0 aliphatic rings. The van der Waals surface area contributed by atoms with E-state index in [9.17, 15) is 4.79 Å². The molecular formula is C14H28O. The average Bonchev–Trinajstić information content (AvgIpc) is 2.01. The van der Waals surface area contributed by atoms with Crippen molar-refractivity contribution in [1.82, 2.24) is 0 Å². The van der Waals surface area contributed by atoms with Gasteiger partial charge in [-0.25, -0.2) is 0 Å². The van der Waals surface area contributed by atoms with Gasteiger partial charge in [0.2, 0.25) is 0 Å². The number of Topliss-reactive ketones (excluding diaryl/α,β-unsaturated/α-hetero) is 1. The predicted molar refractivity (Wildman–Crippen MR) is 66.9 cm³/mol. The molecule has 0 radical (unpaired) electrons. The average molecular weight is 212 g/mol. The van der Waals surface area contributed by atoms with Crippen LogP contribution in [0.3, 0.4) is 0 Å². The first-order valence-electron chi connectivity index (χ1n) is 6.26. The molecule has 0 saturated heterocycles. The Labute approximate surface area is 95.6 Å². The molecule has 0 N–H and O–H groups in total. The molecule has 0 bridgehead atoms. The second-order valence-corrected chi connectivity index (χ2v) is 6.16. The molecule has 0 aliphatic heterocycles. The molecule has 15 heavy (non-hydrogen) atoms. The summed E-state index contributed by atoms with van der Waals surface area (Å²) in [5, 5.41) is 0. The molecule has 0 aliphatic carbocycles. The summed E-state index contributed by atoms with van der Waals surface area (Å²) in [7, 11) is 0. The third kappa shape index (κ3) is 7.58. The molecule has 90 valence electrons. The van der Waals surface area contributed by atoms with E-state index in [1.807, 2.05) is 0 Å². The van der Waals surface area contributed by atoms with Crippen molar-refractivity contribution in [3.05, 3.63) is 0 Å². The Kier molecular flexibility index (Phi) is 6.16. The monoisotopic (exact) mass is 212 g/mol. The van der Waals surface area contributed by atoms with Gasteiger partial charge in [0.05, 0.1) is 0 Å². The van der Waals surface area contributed by atoms with Gasteiger partial charge in [-0.3, -0.25) is 4.79 Å². The van der Waals surface area contributed by atoms with E-state index >= 15 is 0 Å². The first-order chi connectivity index (χ1) is 6.76. The number of ketones is 1. The minimum atomic E-state index is 0.299. The van der Waals surface area contributed by atoms with Crippen molar-refractivity contribution < 1.29 is 4.79 Å². The fourth-order valence-corrected chi connectivity index (χ4v) is 2.33. The van der Waals surface area contributed by atoms with Crippen LogP contribution in [0.15, 0.2) is 0 Å². The largest absolute Gasteiger partial charge is 0.300 e. The van der Waals surface area contributed by atoms with Gasteiger partial charge in [0.15, 0.2) is 0 Å². The quantitative estimate of drug-likeness (QED) is 0.635. The summed E-state index contributed by atoms with van der Waals surface area (Å²) in [5.74, 6) is 1.39. The lowest BCUT2D eigenvalue weighted by Gasteiger charge is -2.24. The summed E-state index contributed by atoms with van der Waals surface area (Å²) in [4.78, 5) is 11.3. The molecule has 0 aromatic carbocycles. The molecule has 1 nitrogen and oxygen atoms in total. The highest BCUT2D eigenvalue weighted by Gasteiger charge is 2.17. The van der Waals surface area contributed by atoms with Crippen molar-refractivity contribution in [2.75, 3.05) is 0 Å². The lowest BCUT2D eigenvalue weighted by Crippen LogP contribution is -2.14. The van der Waals surface area contributed by atoms with Gasteiger partial charge in [0.1, 0.15) is 5.78 Å². The second-order valence-electron chi connectivity index (χ2n) is 6.16. The van der Waals surface area contributed by atoms with Crippen LogP contribution < -0.4 is 0 Å². The number of rotatable bonds is 6. The van der Waals surface area contributed by atoms with Crippen LogP contribution >= 0.6 is 0 Å². The van der Waals surface area contributed by atoms with Crippen LogP contribution in [0.2, 0.25) is 0 Å². The van der Waals surface area contributed by atoms with Gasteiger partial charge in [-0.05, 0) is 37.5 Å². The summed E-state index contributed by atoms with van der Waals surface area (Å²) < 4.78 is 0. The zero-order chi connectivity index (χ0) is 12.1. The Morgan fingerprint density at radius 3 is 2.07 bits per heavy atom. The van der Waals surface area contributed by atoms with Crippen LogP contribution in [0, 0.1) is 17.3 Å². The highest BCUT2D eigenvalue weighted by molar-refractivity contribution is 5.78. The molecule has 0 heterocycles. The third-order valence-corrected chi connectivity index (χ3v) is 3.04. The second kappa shape index (κ2) is 6.30. The van der Waals surface area contributed by atoms with Crippen molar-refractivity contribution in [1.29, 1.82) is 0 Å². The Hall–Kier alpha value is -0.330. The van der Waals surface area contributed by atoms with Crippen molar-refractivity contribution >= 4 is 5.78 Å². The maximum atomic E-state index is 11.3. The summed E-state index contributed by atoms with van der Waals surface area (Å²) in [6.45, 7) is 13.0. The summed E-state index contributed by atoms with van der Waals surface area (Å²) in [6.07, 6.45) is 4.51.